The predicted molar refractivity (Wildman–Crippen MR) is 246 cm³/mol. The third kappa shape index (κ3) is 3.98. The summed E-state index contributed by atoms with van der Waals surface area (Å²) < 4.78 is 7.43. The molecule has 5 nitrogen and oxygen atoms in total. The van der Waals surface area contributed by atoms with Gasteiger partial charge in [-0.25, -0.2) is 9.97 Å². The summed E-state index contributed by atoms with van der Waals surface area (Å²) in [6, 6.07) is 68.0. The van der Waals surface area contributed by atoms with Crippen molar-refractivity contribution in [2.75, 3.05) is 0 Å². The topological polar surface area (TPSA) is 40.0 Å². The number of fused-ring (bicyclic) bond motifs is 12. The van der Waals surface area contributed by atoms with Crippen LogP contribution >= 0.6 is 0 Å². The maximum Gasteiger partial charge on any atom is 0.165 e. The summed E-state index contributed by atoms with van der Waals surface area (Å²) in [6.45, 7) is 0. The van der Waals surface area contributed by atoms with Crippen LogP contribution in [0.4, 0.5) is 0 Å². The lowest BCUT2D eigenvalue weighted by atomic mass is 10.0. The minimum Gasteiger partial charge on any atom is -0.308 e. The van der Waals surface area contributed by atoms with Crippen LogP contribution in [0.25, 0.3) is 126 Å². The summed E-state index contributed by atoms with van der Waals surface area (Å²) in [5.74, 6) is 0.803. The van der Waals surface area contributed by atoms with E-state index in [0.29, 0.717) is 0 Å². The minimum absolute atomic E-state index is 0.803. The quantitative estimate of drug-likeness (QED) is 0.169. The second kappa shape index (κ2) is 11.3. The Labute approximate surface area is 336 Å². The normalized spacial score (nSPS) is 12.4. The monoisotopic (exact) mass is 749 g/mol. The molecule has 14 rings (SSSR count). The number of benzene rings is 9. The molecule has 5 aromatic heterocycles. The van der Waals surface area contributed by atoms with E-state index in [4.69, 9.17) is 9.97 Å². The highest BCUT2D eigenvalue weighted by Gasteiger charge is 2.29. The molecule has 0 saturated heterocycles. The van der Waals surface area contributed by atoms with E-state index in [1.54, 1.807) is 0 Å². The largest absolute Gasteiger partial charge is 0.308 e. The van der Waals surface area contributed by atoms with E-state index in [9.17, 15) is 0 Å². The molecule has 59 heavy (non-hydrogen) atoms. The number of nitrogens with zero attached hydrogens (tertiary/aromatic N) is 5. The van der Waals surface area contributed by atoms with Crippen molar-refractivity contribution < 1.29 is 0 Å². The van der Waals surface area contributed by atoms with Gasteiger partial charge in [-0.15, -0.1) is 0 Å². The molecular weight excluding hydrogens is 719 g/mol. The Morgan fingerprint density at radius 1 is 0.356 bits per heavy atom. The van der Waals surface area contributed by atoms with Gasteiger partial charge in [-0.05, 0) is 59.3 Å². The molecule has 0 N–H and O–H groups in total. The lowest BCUT2D eigenvalue weighted by molar-refractivity contribution is 1.08. The van der Waals surface area contributed by atoms with Crippen LogP contribution < -0.4 is 0 Å². The summed E-state index contributed by atoms with van der Waals surface area (Å²) in [4.78, 5) is 11.3. The van der Waals surface area contributed by atoms with Gasteiger partial charge in [0.2, 0.25) is 0 Å². The van der Waals surface area contributed by atoms with Gasteiger partial charge in [0.25, 0.3) is 0 Å². The van der Waals surface area contributed by atoms with Gasteiger partial charge in [0.05, 0.1) is 49.7 Å². The third-order valence-corrected chi connectivity index (χ3v) is 12.7. The summed E-state index contributed by atoms with van der Waals surface area (Å²) >= 11 is 0. The van der Waals surface area contributed by atoms with Gasteiger partial charge < -0.3 is 8.97 Å². The zero-order chi connectivity index (χ0) is 38.3. The Balaban J connectivity index is 1.33. The SMILES string of the molecule is c1ccc(-c2nc3ccc4ccccc4c3nc2-n2c3cccc4c3c3c(cc5c6ccccc6n(-c6ccccc6)c5c32)c2cccc3c5ccccc5n4c23)cc1. The lowest BCUT2D eigenvalue weighted by Crippen LogP contribution is -2.05. The molecule has 9 aromatic carbocycles. The zero-order valence-electron chi connectivity index (χ0n) is 31.6. The molecule has 5 heteroatoms. The Hall–Kier alpha value is -8.02. The van der Waals surface area contributed by atoms with Crippen molar-refractivity contribution in [3.63, 3.8) is 0 Å². The van der Waals surface area contributed by atoms with Crippen LogP contribution in [0.2, 0.25) is 0 Å². The van der Waals surface area contributed by atoms with Crippen LogP contribution in [0.15, 0.2) is 188 Å². The summed E-state index contributed by atoms with van der Waals surface area (Å²) in [5.41, 5.74) is 12.8. The molecule has 0 aliphatic rings. The van der Waals surface area contributed by atoms with Gasteiger partial charge in [0, 0.05) is 54.3 Å². The standard InChI is InChI=1S/C54H31N5/c1-3-16-33(17-4-1)49-54(56-50-35-20-8-7-15-32(35)29-30-42(50)55-49)59-46-28-14-27-45-48(46)47-40(39-24-13-23-38-36-21-9-12-26-44(36)58(45)51(38)39)31-41-37-22-10-11-25-43(37)57(52(41)53(47)59)34-18-5-2-6-19-34/h1-31H. The number of rotatable bonds is 3. The van der Waals surface area contributed by atoms with Crippen molar-refractivity contribution in [3.05, 3.63) is 188 Å². The molecule has 0 fully saturated rings. The van der Waals surface area contributed by atoms with Crippen molar-refractivity contribution >= 4 is 104 Å². The van der Waals surface area contributed by atoms with E-state index in [2.05, 4.69) is 202 Å². The highest BCUT2D eigenvalue weighted by Crippen LogP contribution is 2.49. The van der Waals surface area contributed by atoms with Gasteiger partial charge in [0.1, 0.15) is 5.69 Å². The summed E-state index contributed by atoms with van der Waals surface area (Å²) in [5, 5.41) is 12.0. The first-order valence-electron chi connectivity index (χ1n) is 20.2. The van der Waals surface area contributed by atoms with E-state index in [1.165, 1.54) is 54.1 Å². The third-order valence-electron chi connectivity index (χ3n) is 12.7. The second-order valence-electron chi connectivity index (χ2n) is 15.7. The fraction of sp³-hybridized carbons (Fsp3) is 0. The average Bonchev–Trinajstić information content (AvgIpc) is 3.92. The first-order valence-corrected chi connectivity index (χ1v) is 20.2. The van der Waals surface area contributed by atoms with Crippen molar-refractivity contribution in [1.82, 2.24) is 23.5 Å². The second-order valence-corrected chi connectivity index (χ2v) is 15.7. The van der Waals surface area contributed by atoms with Crippen molar-refractivity contribution in [2.45, 2.75) is 0 Å². The summed E-state index contributed by atoms with van der Waals surface area (Å²) in [7, 11) is 0. The Bertz CT molecular complexity index is 4060. The number of aromatic nitrogens is 5. The minimum atomic E-state index is 0.803. The Kier molecular flexibility index (Phi) is 5.96. The highest BCUT2D eigenvalue weighted by molar-refractivity contribution is 6.37. The molecule has 0 aliphatic heterocycles. The van der Waals surface area contributed by atoms with Gasteiger partial charge in [0.15, 0.2) is 5.82 Å². The van der Waals surface area contributed by atoms with E-state index in [1.807, 2.05) is 0 Å². The van der Waals surface area contributed by atoms with Gasteiger partial charge in [-0.2, -0.15) is 0 Å². The fourth-order valence-corrected chi connectivity index (χ4v) is 10.3. The van der Waals surface area contributed by atoms with Crippen LogP contribution in [0.1, 0.15) is 0 Å². The van der Waals surface area contributed by atoms with Crippen molar-refractivity contribution in [2.24, 2.45) is 0 Å². The molecule has 14 aromatic rings. The maximum absolute atomic E-state index is 5.80. The average molecular weight is 750 g/mol. The molecule has 272 valence electrons. The van der Waals surface area contributed by atoms with Gasteiger partial charge in [-0.1, -0.05) is 140 Å². The van der Waals surface area contributed by atoms with Crippen LogP contribution in [0.5, 0.6) is 0 Å². The smallest absolute Gasteiger partial charge is 0.165 e. The maximum atomic E-state index is 5.80. The predicted octanol–water partition coefficient (Wildman–Crippen LogP) is 13.8. The van der Waals surface area contributed by atoms with Crippen LogP contribution in [-0.4, -0.2) is 23.5 Å². The Morgan fingerprint density at radius 2 is 0.983 bits per heavy atom. The van der Waals surface area contributed by atoms with Crippen LogP contribution in [0.3, 0.4) is 0 Å². The molecule has 0 radical (unpaired) electrons. The molecular formula is C54H31N5. The van der Waals surface area contributed by atoms with Gasteiger partial charge in [-0.3, -0.25) is 4.57 Å². The molecule has 0 spiro atoms. The molecule has 0 saturated carbocycles. The first-order chi connectivity index (χ1) is 29.3. The van der Waals surface area contributed by atoms with Gasteiger partial charge >= 0.3 is 0 Å². The number of hydrogen-bond acceptors (Lipinski definition) is 2. The molecule has 0 atom stereocenters. The van der Waals surface area contributed by atoms with E-state index in [-0.39, 0.29) is 0 Å². The van der Waals surface area contributed by atoms with E-state index in [0.717, 1.165) is 72.2 Å². The van der Waals surface area contributed by atoms with Crippen LogP contribution in [0, 0.1) is 0 Å². The molecule has 0 unspecified atom stereocenters. The lowest BCUT2D eigenvalue weighted by Gasteiger charge is -2.16. The van der Waals surface area contributed by atoms with Crippen molar-refractivity contribution in [3.8, 4) is 22.8 Å². The molecule has 0 bridgehead atoms. The van der Waals surface area contributed by atoms with Crippen molar-refractivity contribution in [1.29, 1.82) is 0 Å². The summed E-state index contributed by atoms with van der Waals surface area (Å²) in [6.07, 6.45) is 0. The molecule has 0 amide bonds. The molecule has 0 aliphatic carbocycles. The fourth-order valence-electron chi connectivity index (χ4n) is 10.3. The number of para-hydroxylation sites is 4. The molecule has 5 heterocycles. The van der Waals surface area contributed by atoms with Crippen LogP contribution in [-0.2, 0) is 0 Å². The zero-order valence-corrected chi connectivity index (χ0v) is 31.6. The highest BCUT2D eigenvalue weighted by atomic mass is 15.1. The first kappa shape index (κ1) is 31.1. The van der Waals surface area contributed by atoms with E-state index >= 15 is 0 Å². The Morgan fingerprint density at radius 3 is 1.81 bits per heavy atom. The van der Waals surface area contributed by atoms with E-state index < -0.39 is 0 Å². The number of hydrogen-bond donors (Lipinski definition) is 0.